The van der Waals surface area contributed by atoms with Crippen molar-refractivity contribution in [3.05, 3.63) is 237 Å². The number of aromatic nitrogens is 1. The fourth-order valence-electron chi connectivity index (χ4n) is 12.3. The number of hydrogen-bond acceptors (Lipinski definition) is 3. The van der Waals surface area contributed by atoms with E-state index in [4.69, 9.17) is 4.42 Å². The Hall–Kier alpha value is -8.90. The molecule has 3 nitrogen and oxygen atoms in total. The molecule has 14 aromatic rings. The van der Waals surface area contributed by atoms with Gasteiger partial charge >= 0.3 is 0 Å². The number of fused-ring (bicyclic) bond motifs is 14. The van der Waals surface area contributed by atoms with Crippen LogP contribution in [0.3, 0.4) is 0 Å². The summed E-state index contributed by atoms with van der Waals surface area (Å²) in [5.74, 6) is 0. The Kier molecular flexibility index (Phi) is 8.13. The molecular formula is C66H39BN2OS. The summed E-state index contributed by atoms with van der Waals surface area (Å²) >= 11 is 1.93. The van der Waals surface area contributed by atoms with Gasteiger partial charge < -0.3 is 13.9 Å². The zero-order chi connectivity index (χ0) is 46.3. The highest BCUT2D eigenvalue weighted by Gasteiger charge is 2.45. The van der Waals surface area contributed by atoms with Gasteiger partial charge in [0.1, 0.15) is 11.2 Å². The molecule has 2 aliphatic heterocycles. The van der Waals surface area contributed by atoms with E-state index in [0.29, 0.717) is 0 Å². The highest BCUT2D eigenvalue weighted by molar-refractivity contribution is 7.28. The monoisotopic (exact) mass is 918 g/mol. The summed E-state index contributed by atoms with van der Waals surface area (Å²) in [6.45, 7) is -0.131. The molecule has 3 aromatic heterocycles. The third kappa shape index (κ3) is 5.55. The fourth-order valence-corrected chi connectivity index (χ4v) is 13.6. The van der Waals surface area contributed by atoms with Crippen molar-refractivity contribution < 1.29 is 4.42 Å². The molecule has 328 valence electrons. The zero-order valence-electron chi connectivity index (χ0n) is 38.3. The highest BCUT2D eigenvalue weighted by Crippen LogP contribution is 2.51. The zero-order valence-corrected chi connectivity index (χ0v) is 39.1. The number of hydrogen-bond donors (Lipinski definition) is 0. The number of furan rings is 1. The summed E-state index contributed by atoms with van der Waals surface area (Å²) in [5, 5.41) is 7.36. The molecule has 5 heteroatoms. The SMILES string of the molecule is c1ccc(-c2cc3c4c(c2)-n2c5ccccc5c5cc6c(sc7ccccc76)c(c52)B4c2cc4oc5cc(-c6ccccc6)ccc5c4cc2N3c2c(-c3ccccc3)cccc2-c2ccccc2)cc1. The van der Waals surface area contributed by atoms with E-state index in [1.165, 1.54) is 86.4 Å². The molecule has 0 saturated heterocycles. The van der Waals surface area contributed by atoms with Gasteiger partial charge in [0.05, 0.1) is 16.7 Å². The van der Waals surface area contributed by atoms with Crippen molar-refractivity contribution in [1.29, 1.82) is 0 Å². The number of rotatable bonds is 5. The van der Waals surface area contributed by atoms with E-state index in [1.54, 1.807) is 0 Å². The van der Waals surface area contributed by atoms with Crippen LogP contribution in [-0.2, 0) is 0 Å². The predicted molar refractivity (Wildman–Crippen MR) is 302 cm³/mol. The third-order valence-electron chi connectivity index (χ3n) is 15.3. The van der Waals surface area contributed by atoms with Crippen LogP contribution in [0.4, 0.5) is 17.1 Å². The standard InChI is InChI=1S/C66H39BN2OS/c1-5-18-40(19-6-1)44-32-33-49-51-38-56-54(39-60(51)70-59(49)36-44)67-62-57(68-55-30-15-13-26-48(55)52-37-53-50-27-14-16-31-61(50)71-66(53)63(67)65(52)68)34-45(41-20-7-2-8-21-41)35-58(62)69(56)64-46(42-22-9-3-10-23-42)28-17-29-47(64)43-24-11-4-12-25-43/h1-39H. The van der Waals surface area contributed by atoms with Gasteiger partial charge in [-0.05, 0) is 104 Å². The quantitative estimate of drug-likeness (QED) is 0.160. The van der Waals surface area contributed by atoms with E-state index >= 15 is 0 Å². The van der Waals surface area contributed by atoms with Crippen molar-refractivity contribution in [2.24, 2.45) is 0 Å². The lowest BCUT2D eigenvalue weighted by atomic mass is 9.33. The largest absolute Gasteiger partial charge is 0.456 e. The Morgan fingerprint density at radius 2 is 0.972 bits per heavy atom. The maximum absolute atomic E-state index is 7.12. The Morgan fingerprint density at radius 3 is 1.69 bits per heavy atom. The van der Waals surface area contributed by atoms with Crippen molar-refractivity contribution >= 4 is 115 Å². The molecule has 5 heterocycles. The first kappa shape index (κ1) is 39.0. The van der Waals surface area contributed by atoms with E-state index in [9.17, 15) is 0 Å². The summed E-state index contributed by atoms with van der Waals surface area (Å²) < 4.78 is 12.4. The van der Waals surface area contributed by atoms with E-state index in [1.807, 2.05) is 11.3 Å². The Bertz CT molecular complexity index is 4460. The molecule has 0 atom stereocenters. The Labute approximate surface area is 413 Å². The highest BCUT2D eigenvalue weighted by atomic mass is 32.1. The summed E-state index contributed by atoms with van der Waals surface area (Å²) in [6.07, 6.45) is 0. The van der Waals surface area contributed by atoms with Gasteiger partial charge in [0.25, 0.3) is 6.71 Å². The van der Waals surface area contributed by atoms with Crippen LogP contribution in [-0.4, -0.2) is 11.3 Å². The summed E-state index contributed by atoms with van der Waals surface area (Å²) in [5.41, 5.74) is 22.1. The molecule has 0 bridgehead atoms. The van der Waals surface area contributed by atoms with Crippen LogP contribution in [0.15, 0.2) is 241 Å². The first-order chi connectivity index (χ1) is 35.2. The maximum atomic E-state index is 7.12. The number of thiophene rings is 1. The molecule has 11 aromatic carbocycles. The minimum atomic E-state index is -0.131. The number of benzene rings is 11. The third-order valence-corrected chi connectivity index (χ3v) is 16.6. The lowest BCUT2D eigenvalue weighted by Crippen LogP contribution is -2.60. The van der Waals surface area contributed by atoms with Crippen LogP contribution < -0.4 is 21.3 Å². The first-order valence-electron chi connectivity index (χ1n) is 24.4. The molecule has 0 N–H and O–H groups in total. The second-order valence-electron chi connectivity index (χ2n) is 19.1. The van der Waals surface area contributed by atoms with E-state index < -0.39 is 0 Å². The average Bonchev–Trinajstić information content (AvgIpc) is 4.11. The second kappa shape index (κ2) is 14.8. The Balaban J connectivity index is 1.11. The van der Waals surface area contributed by atoms with Crippen LogP contribution in [0.5, 0.6) is 0 Å². The maximum Gasteiger partial charge on any atom is 0.254 e. The lowest BCUT2D eigenvalue weighted by molar-refractivity contribution is 0.669. The molecule has 71 heavy (non-hydrogen) atoms. The minimum Gasteiger partial charge on any atom is -0.456 e. The number of para-hydroxylation sites is 2. The van der Waals surface area contributed by atoms with Crippen molar-refractivity contribution in [2.45, 2.75) is 0 Å². The Morgan fingerprint density at radius 1 is 0.366 bits per heavy atom. The normalized spacial score (nSPS) is 12.7. The molecule has 0 unspecified atom stereocenters. The van der Waals surface area contributed by atoms with Gasteiger partial charge in [-0.3, -0.25) is 0 Å². The molecular weight excluding hydrogens is 880 g/mol. The number of anilines is 3. The smallest absolute Gasteiger partial charge is 0.254 e. The summed E-state index contributed by atoms with van der Waals surface area (Å²) in [4.78, 5) is 2.64. The van der Waals surface area contributed by atoms with E-state index in [0.717, 1.165) is 61.1 Å². The molecule has 0 aliphatic carbocycles. The van der Waals surface area contributed by atoms with Crippen LogP contribution in [0.1, 0.15) is 0 Å². The van der Waals surface area contributed by atoms with Crippen molar-refractivity contribution in [1.82, 2.24) is 4.57 Å². The van der Waals surface area contributed by atoms with Crippen LogP contribution in [0.25, 0.3) is 114 Å². The molecule has 16 rings (SSSR count). The van der Waals surface area contributed by atoms with E-state index in [-0.39, 0.29) is 6.71 Å². The molecule has 0 spiro atoms. The average molecular weight is 919 g/mol. The van der Waals surface area contributed by atoms with Gasteiger partial charge in [-0.2, -0.15) is 0 Å². The van der Waals surface area contributed by atoms with Gasteiger partial charge in [0, 0.05) is 69.9 Å². The molecule has 0 fully saturated rings. The summed E-state index contributed by atoms with van der Waals surface area (Å²) in [6, 6.07) is 87.4. The van der Waals surface area contributed by atoms with Gasteiger partial charge in [-0.15, -0.1) is 11.3 Å². The van der Waals surface area contributed by atoms with Gasteiger partial charge in [-0.1, -0.05) is 182 Å². The van der Waals surface area contributed by atoms with Gasteiger partial charge in [0.2, 0.25) is 0 Å². The van der Waals surface area contributed by atoms with Gasteiger partial charge in [-0.25, -0.2) is 0 Å². The van der Waals surface area contributed by atoms with Crippen molar-refractivity contribution in [2.75, 3.05) is 4.90 Å². The van der Waals surface area contributed by atoms with Crippen molar-refractivity contribution in [3.63, 3.8) is 0 Å². The number of nitrogens with zero attached hydrogens (tertiary/aromatic N) is 2. The fraction of sp³-hybridized carbons (Fsp3) is 0. The van der Waals surface area contributed by atoms with Crippen LogP contribution in [0.2, 0.25) is 0 Å². The first-order valence-corrected chi connectivity index (χ1v) is 25.3. The summed E-state index contributed by atoms with van der Waals surface area (Å²) in [7, 11) is 0. The van der Waals surface area contributed by atoms with Crippen LogP contribution in [0, 0.1) is 0 Å². The lowest BCUT2D eigenvalue weighted by Gasteiger charge is -2.42. The van der Waals surface area contributed by atoms with Crippen LogP contribution >= 0.6 is 11.3 Å². The van der Waals surface area contributed by atoms with Crippen molar-refractivity contribution in [3.8, 4) is 50.2 Å². The molecule has 2 aliphatic rings. The van der Waals surface area contributed by atoms with E-state index in [2.05, 4.69) is 246 Å². The topological polar surface area (TPSA) is 21.3 Å². The molecule has 0 amide bonds. The second-order valence-corrected chi connectivity index (χ2v) is 20.1. The predicted octanol–water partition coefficient (Wildman–Crippen LogP) is 16.3. The molecule has 0 radical (unpaired) electrons. The molecule has 0 saturated carbocycles. The minimum absolute atomic E-state index is 0.131. The van der Waals surface area contributed by atoms with Gasteiger partial charge in [0.15, 0.2) is 0 Å².